The molecule has 0 spiro atoms. The number of guanidine groups is 1. The third-order valence-electron chi connectivity index (χ3n) is 4.30. The van der Waals surface area contributed by atoms with Crippen molar-refractivity contribution in [1.82, 2.24) is 10.6 Å². The quantitative estimate of drug-likeness (QED) is 0.449. The lowest BCUT2D eigenvalue weighted by atomic mass is 10.0. The van der Waals surface area contributed by atoms with Crippen molar-refractivity contribution in [3.05, 3.63) is 30.1 Å². The smallest absolute Gasteiger partial charge is 0.191 e. The summed E-state index contributed by atoms with van der Waals surface area (Å²) in [7, 11) is 1.82. The van der Waals surface area contributed by atoms with Crippen molar-refractivity contribution >= 4 is 23.4 Å². The summed E-state index contributed by atoms with van der Waals surface area (Å²) in [5.74, 6) is 1.94. The molecule has 1 aromatic carbocycles. The SMILES string of the molecule is CN=C(NCCCCSC)NC1CCN(c2cccc(F)c2)CC1. The Balaban J connectivity index is 1.71. The molecule has 1 heterocycles. The van der Waals surface area contributed by atoms with Crippen LogP contribution < -0.4 is 15.5 Å². The highest BCUT2D eigenvalue weighted by Gasteiger charge is 2.20. The first kappa shape index (κ1) is 18.9. The number of thioether (sulfide) groups is 1. The van der Waals surface area contributed by atoms with E-state index in [0.717, 1.165) is 44.1 Å². The molecule has 2 N–H and O–H groups in total. The van der Waals surface area contributed by atoms with Gasteiger partial charge in [-0.3, -0.25) is 4.99 Å². The first-order valence-electron chi connectivity index (χ1n) is 8.69. The maximum absolute atomic E-state index is 13.3. The molecule has 1 saturated heterocycles. The fraction of sp³-hybridized carbons (Fsp3) is 0.611. The average molecular weight is 353 g/mol. The first-order valence-corrected chi connectivity index (χ1v) is 10.1. The zero-order valence-corrected chi connectivity index (χ0v) is 15.5. The maximum atomic E-state index is 13.3. The van der Waals surface area contributed by atoms with E-state index in [0.29, 0.717) is 6.04 Å². The maximum Gasteiger partial charge on any atom is 0.191 e. The summed E-state index contributed by atoms with van der Waals surface area (Å²) in [5.41, 5.74) is 0.977. The summed E-state index contributed by atoms with van der Waals surface area (Å²) in [6.07, 6.45) is 6.61. The summed E-state index contributed by atoms with van der Waals surface area (Å²) < 4.78 is 13.3. The predicted molar refractivity (Wildman–Crippen MR) is 104 cm³/mol. The van der Waals surface area contributed by atoms with Crippen LogP contribution in [0, 0.1) is 5.82 Å². The molecule has 0 aromatic heterocycles. The van der Waals surface area contributed by atoms with E-state index in [1.54, 1.807) is 12.1 Å². The number of piperidine rings is 1. The van der Waals surface area contributed by atoms with Gasteiger partial charge in [-0.25, -0.2) is 4.39 Å². The van der Waals surface area contributed by atoms with Crippen molar-refractivity contribution in [3.63, 3.8) is 0 Å². The van der Waals surface area contributed by atoms with Gasteiger partial charge in [0.15, 0.2) is 5.96 Å². The molecule has 0 amide bonds. The highest BCUT2D eigenvalue weighted by molar-refractivity contribution is 7.98. The van der Waals surface area contributed by atoms with Gasteiger partial charge in [-0.05, 0) is 55.9 Å². The largest absolute Gasteiger partial charge is 0.371 e. The van der Waals surface area contributed by atoms with E-state index in [9.17, 15) is 4.39 Å². The lowest BCUT2D eigenvalue weighted by Crippen LogP contribution is -2.48. The minimum atomic E-state index is -0.168. The Labute approximate surface area is 149 Å². The Morgan fingerprint density at radius 3 is 2.79 bits per heavy atom. The molecule has 0 radical (unpaired) electrons. The van der Waals surface area contributed by atoms with Crippen molar-refractivity contribution in [2.45, 2.75) is 31.7 Å². The summed E-state index contributed by atoms with van der Waals surface area (Å²) in [5, 5.41) is 6.91. The van der Waals surface area contributed by atoms with Crippen LogP contribution in [0.25, 0.3) is 0 Å². The lowest BCUT2D eigenvalue weighted by Gasteiger charge is -2.34. The second-order valence-electron chi connectivity index (χ2n) is 6.08. The standard InChI is InChI=1S/C18H29FN4S/c1-20-18(21-10-3-4-13-24-2)22-16-8-11-23(12-9-16)17-7-5-6-15(19)14-17/h5-7,14,16H,3-4,8-13H2,1-2H3,(H2,20,21,22). The predicted octanol–water partition coefficient (Wildman–Crippen LogP) is 3.10. The Kier molecular flexibility index (Phi) is 8.22. The number of unbranched alkanes of at least 4 members (excludes halogenated alkanes) is 1. The Bertz CT molecular complexity index is 515. The van der Waals surface area contributed by atoms with Crippen molar-refractivity contribution in [2.24, 2.45) is 4.99 Å². The topological polar surface area (TPSA) is 39.7 Å². The Morgan fingerprint density at radius 1 is 1.33 bits per heavy atom. The summed E-state index contributed by atoms with van der Waals surface area (Å²) in [6, 6.07) is 7.28. The highest BCUT2D eigenvalue weighted by Crippen LogP contribution is 2.20. The zero-order chi connectivity index (χ0) is 17.2. The molecule has 1 aromatic rings. The van der Waals surface area contributed by atoms with E-state index in [1.807, 2.05) is 24.9 Å². The Hall–Kier alpha value is -1.43. The molecule has 0 atom stereocenters. The molecular formula is C18H29FN4S. The molecule has 0 bridgehead atoms. The van der Waals surface area contributed by atoms with Gasteiger partial charge in [0.25, 0.3) is 0 Å². The Morgan fingerprint density at radius 2 is 2.12 bits per heavy atom. The zero-order valence-electron chi connectivity index (χ0n) is 14.7. The van der Waals surface area contributed by atoms with Gasteiger partial charge >= 0.3 is 0 Å². The molecule has 1 fully saturated rings. The second-order valence-corrected chi connectivity index (χ2v) is 7.07. The molecule has 134 valence electrons. The molecule has 1 aliphatic rings. The van der Waals surface area contributed by atoms with Crippen LogP contribution in [-0.2, 0) is 0 Å². The van der Waals surface area contributed by atoms with Gasteiger partial charge in [0.1, 0.15) is 5.82 Å². The van der Waals surface area contributed by atoms with Crippen molar-refractivity contribution < 1.29 is 4.39 Å². The summed E-state index contributed by atoms with van der Waals surface area (Å²) in [6.45, 7) is 2.83. The van der Waals surface area contributed by atoms with Crippen LogP contribution in [0.2, 0.25) is 0 Å². The third kappa shape index (κ3) is 6.23. The molecule has 0 aliphatic carbocycles. The number of halogens is 1. The van der Waals surface area contributed by atoms with Crippen molar-refractivity contribution in [2.75, 3.05) is 43.6 Å². The van der Waals surface area contributed by atoms with E-state index in [-0.39, 0.29) is 5.82 Å². The van der Waals surface area contributed by atoms with Crippen LogP contribution in [0.15, 0.2) is 29.3 Å². The van der Waals surface area contributed by atoms with Crippen LogP contribution in [0.3, 0.4) is 0 Å². The fourth-order valence-electron chi connectivity index (χ4n) is 2.92. The monoisotopic (exact) mass is 352 g/mol. The average Bonchev–Trinajstić information content (AvgIpc) is 2.61. The van der Waals surface area contributed by atoms with Crippen LogP contribution in [0.5, 0.6) is 0 Å². The van der Waals surface area contributed by atoms with Gasteiger partial charge in [0.05, 0.1) is 0 Å². The van der Waals surface area contributed by atoms with Crippen LogP contribution in [0.1, 0.15) is 25.7 Å². The molecular weight excluding hydrogens is 323 g/mol. The van der Waals surface area contributed by atoms with Gasteiger partial charge in [-0.1, -0.05) is 6.07 Å². The minimum absolute atomic E-state index is 0.168. The van der Waals surface area contributed by atoms with Crippen LogP contribution in [0.4, 0.5) is 10.1 Å². The van der Waals surface area contributed by atoms with E-state index >= 15 is 0 Å². The number of hydrogen-bond acceptors (Lipinski definition) is 3. The van der Waals surface area contributed by atoms with Crippen LogP contribution >= 0.6 is 11.8 Å². The molecule has 6 heteroatoms. The molecule has 2 rings (SSSR count). The molecule has 4 nitrogen and oxygen atoms in total. The van der Waals surface area contributed by atoms with Gasteiger partial charge < -0.3 is 15.5 Å². The molecule has 0 saturated carbocycles. The number of rotatable bonds is 7. The number of benzene rings is 1. The number of aliphatic imine (C=N–C) groups is 1. The third-order valence-corrected chi connectivity index (χ3v) is 5.00. The molecule has 0 unspecified atom stereocenters. The van der Waals surface area contributed by atoms with E-state index in [1.165, 1.54) is 24.7 Å². The van der Waals surface area contributed by atoms with E-state index < -0.39 is 0 Å². The lowest BCUT2D eigenvalue weighted by molar-refractivity contribution is 0.461. The van der Waals surface area contributed by atoms with E-state index in [4.69, 9.17) is 0 Å². The number of nitrogens with zero attached hydrogens (tertiary/aromatic N) is 2. The van der Waals surface area contributed by atoms with Crippen LogP contribution in [-0.4, -0.2) is 50.7 Å². The molecule has 1 aliphatic heterocycles. The fourth-order valence-corrected chi connectivity index (χ4v) is 3.41. The second kappa shape index (κ2) is 10.4. The van der Waals surface area contributed by atoms with Gasteiger partial charge in [0, 0.05) is 38.4 Å². The number of anilines is 1. The van der Waals surface area contributed by atoms with Gasteiger partial charge in [-0.2, -0.15) is 11.8 Å². The normalized spacial score (nSPS) is 16.3. The summed E-state index contributed by atoms with van der Waals surface area (Å²) in [4.78, 5) is 6.56. The van der Waals surface area contributed by atoms with Gasteiger partial charge in [0.2, 0.25) is 0 Å². The first-order chi connectivity index (χ1) is 11.7. The van der Waals surface area contributed by atoms with Crippen molar-refractivity contribution in [1.29, 1.82) is 0 Å². The minimum Gasteiger partial charge on any atom is -0.371 e. The number of nitrogens with one attached hydrogen (secondary N) is 2. The summed E-state index contributed by atoms with van der Waals surface area (Å²) >= 11 is 1.89. The number of hydrogen-bond donors (Lipinski definition) is 2. The van der Waals surface area contributed by atoms with Gasteiger partial charge in [-0.15, -0.1) is 0 Å². The molecule has 24 heavy (non-hydrogen) atoms. The highest BCUT2D eigenvalue weighted by atomic mass is 32.2. The van der Waals surface area contributed by atoms with E-state index in [2.05, 4.69) is 26.8 Å². The van der Waals surface area contributed by atoms with Crippen molar-refractivity contribution in [3.8, 4) is 0 Å².